The van der Waals surface area contributed by atoms with Crippen molar-refractivity contribution in [2.24, 2.45) is 9.98 Å². The lowest BCUT2D eigenvalue weighted by molar-refractivity contribution is -0.544. The first-order valence-corrected chi connectivity index (χ1v) is 18.0. The molecule has 0 spiro atoms. The summed E-state index contributed by atoms with van der Waals surface area (Å²) in [6, 6.07) is 16.1. The van der Waals surface area contributed by atoms with E-state index in [4.69, 9.17) is 9.98 Å². The Kier molecular flexibility index (Phi) is 10.6. The molecule has 3 N–H and O–H groups in total. The maximum absolute atomic E-state index is 11.5. The number of aliphatic imine (C=N–C) groups is 2. The average Bonchev–Trinajstić information content (AvgIpc) is 3.03. The molecule has 0 radical (unpaired) electrons. The van der Waals surface area contributed by atoms with Crippen LogP contribution in [0.1, 0.15) is 115 Å². The molecule has 0 aromatic heterocycles. The van der Waals surface area contributed by atoms with Crippen LogP contribution in [-0.4, -0.2) is 70.8 Å². The molecule has 5 rings (SSSR count). The number of rotatable bonds is 8. The van der Waals surface area contributed by atoms with Gasteiger partial charge in [0.1, 0.15) is 11.5 Å². The standard InChI is InChI=1S/C42H57N5O2/c1-40(2,3)32-23-29(15-12-19-46-21-14-22-47-20-13-18-43-39(46)47)37(48)30(24-32)27-44-35-16-10-11-17-36(35)45-28-31-25-33(41(4,5)6)26-34(38(31)49)42(7,8)9/h10-11,16-17,23-28H,12-15,18-22H2,1-9H3,(H2,44,45,48,49)/p+1. The van der Waals surface area contributed by atoms with Gasteiger partial charge in [0.05, 0.1) is 44.1 Å². The highest BCUT2D eigenvalue weighted by molar-refractivity contribution is 5.90. The third kappa shape index (κ3) is 8.73. The molecule has 2 aliphatic heterocycles. The van der Waals surface area contributed by atoms with Gasteiger partial charge in [-0.25, -0.2) is 0 Å². The molecule has 7 heteroatoms. The third-order valence-corrected chi connectivity index (χ3v) is 9.68. The number of phenolic OH excluding ortho intramolecular Hbond substituents is 2. The summed E-state index contributed by atoms with van der Waals surface area (Å²) in [5.74, 6) is 1.83. The zero-order chi connectivity index (χ0) is 35.6. The Labute approximate surface area is 294 Å². The highest BCUT2D eigenvalue weighted by Gasteiger charge is 2.29. The fraction of sp³-hybridized carbons (Fsp3) is 0.500. The van der Waals surface area contributed by atoms with E-state index in [1.165, 1.54) is 24.4 Å². The number of nitrogens with zero attached hydrogens (tertiary/aromatic N) is 4. The monoisotopic (exact) mass is 664 g/mol. The third-order valence-electron chi connectivity index (χ3n) is 9.68. The molecule has 0 amide bonds. The predicted molar refractivity (Wildman–Crippen MR) is 205 cm³/mol. The van der Waals surface area contributed by atoms with Crippen molar-refractivity contribution >= 4 is 29.8 Å². The molecule has 2 heterocycles. The number of phenols is 2. The van der Waals surface area contributed by atoms with Crippen LogP contribution in [0.3, 0.4) is 0 Å². The zero-order valence-electron chi connectivity index (χ0n) is 31.3. The van der Waals surface area contributed by atoms with Gasteiger partial charge in [0.2, 0.25) is 0 Å². The van der Waals surface area contributed by atoms with Crippen LogP contribution in [0, 0.1) is 0 Å². The van der Waals surface area contributed by atoms with Crippen molar-refractivity contribution in [3.05, 3.63) is 81.9 Å². The lowest BCUT2D eigenvalue weighted by atomic mass is 9.79. The van der Waals surface area contributed by atoms with E-state index in [9.17, 15) is 10.2 Å². The Morgan fingerprint density at radius 2 is 1.33 bits per heavy atom. The Morgan fingerprint density at radius 1 is 0.755 bits per heavy atom. The highest BCUT2D eigenvalue weighted by atomic mass is 16.3. The van der Waals surface area contributed by atoms with Crippen LogP contribution in [0.25, 0.3) is 0 Å². The van der Waals surface area contributed by atoms with Crippen molar-refractivity contribution in [2.45, 2.75) is 104 Å². The molecule has 0 saturated carbocycles. The number of nitrogens with one attached hydrogen (secondary N) is 1. The second-order valence-corrected chi connectivity index (χ2v) is 16.8. The second-order valence-electron chi connectivity index (χ2n) is 16.8. The van der Waals surface area contributed by atoms with Gasteiger partial charge in [0.15, 0.2) is 0 Å². The number of hydrogen-bond donors (Lipinski definition) is 3. The zero-order valence-corrected chi connectivity index (χ0v) is 31.3. The minimum atomic E-state index is -0.223. The number of aryl methyl sites for hydroxylation is 1. The Morgan fingerprint density at radius 3 is 1.92 bits per heavy atom. The molecule has 0 saturated heterocycles. The molecule has 0 aliphatic carbocycles. The van der Waals surface area contributed by atoms with Crippen molar-refractivity contribution in [1.29, 1.82) is 0 Å². The fourth-order valence-electron chi connectivity index (χ4n) is 6.62. The van der Waals surface area contributed by atoms with Gasteiger partial charge in [0, 0.05) is 42.0 Å². The molecule has 49 heavy (non-hydrogen) atoms. The van der Waals surface area contributed by atoms with Crippen LogP contribution in [0.5, 0.6) is 11.5 Å². The van der Waals surface area contributed by atoms with Crippen molar-refractivity contribution in [3.63, 3.8) is 0 Å². The molecular weight excluding hydrogens is 606 g/mol. The van der Waals surface area contributed by atoms with Crippen molar-refractivity contribution in [1.82, 2.24) is 10.2 Å². The number of guanidine groups is 1. The van der Waals surface area contributed by atoms with Crippen LogP contribution < -0.4 is 5.32 Å². The molecule has 262 valence electrons. The van der Waals surface area contributed by atoms with E-state index in [0.29, 0.717) is 28.3 Å². The van der Waals surface area contributed by atoms with E-state index in [0.717, 1.165) is 62.3 Å². The molecular formula is C42H58N5O2+. The van der Waals surface area contributed by atoms with Crippen LogP contribution >= 0.6 is 0 Å². The van der Waals surface area contributed by atoms with Gasteiger partial charge in [-0.2, -0.15) is 0 Å². The smallest absolute Gasteiger partial charge is 0.348 e. The normalized spacial score (nSPS) is 16.1. The van der Waals surface area contributed by atoms with E-state index in [2.05, 4.69) is 95.3 Å². The van der Waals surface area contributed by atoms with Gasteiger partial charge in [-0.15, -0.1) is 0 Å². The van der Waals surface area contributed by atoms with E-state index in [-0.39, 0.29) is 22.0 Å². The quantitative estimate of drug-likeness (QED) is 0.167. The molecule has 7 nitrogen and oxygen atoms in total. The lowest BCUT2D eigenvalue weighted by Crippen LogP contribution is -2.55. The number of para-hydroxylation sites is 2. The fourth-order valence-corrected chi connectivity index (χ4v) is 6.62. The largest absolute Gasteiger partial charge is 0.507 e. The van der Waals surface area contributed by atoms with Crippen molar-refractivity contribution in [3.8, 4) is 11.5 Å². The molecule has 0 unspecified atom stereocenters. The summed E-state index contributed by atoms with van der Waals surface area (Å²) in [6.07, 6.45) is 7.63. The number of benzene rings is 3. The van der Waals surface area contributed by atoms with Gasteiger partial charge < -0.3 is 10.2 Å². The summed E-state index contributed by atoms with van der Waals surface area (Å²) in [7, 11) is 0. The SMILES string of the molecule is CC(C)(C)c1cc(C=Nc2ccccc2N=Cc2cc(C(C)(C)C)cc(C(C)(C)C)c2O)c(O)c(CCCN2CCC[N+]3=C2NCCC3)c1. The summed E-state index contributed by atoms with van der Waals surface area (Å²) < 4.78 is 2.48. The Bertz CT molecular complexity index is 1740. The van der Waals surface area contributed by atoms with Gasteiger partial charge in [0.25, 0.3) is 0 Å². The first kappa shape index (κ1) is 36.2. The van der Waals surface area contributed by atoms with Crippen LogP contribution in [0.2, 0.25) is 0 Å². The first-order chi connectivity index (χ1) is 23.0. The van der Waals surface area contributed by atoms with Gasteiger partial charge in [-0.3, -0.25) is 24.8 Å². The Hall–Kier alpha value is -4.13. The van der Waals surface area contributed by atoms with Gasteiger partial charge >= 0.3 is 5.96 Å². The number of aromatic hydroxyl groups is 2. The van der Waals surface area contributed by atoms with Crippen LogP contribution in [0.4, 0.5) is 11.4 Å². The summed E-state index contributed by atoms with van der Waals surface area (Å²) >= 11 is 0. The average molecular weight is 665 g/mol. The van der Waals surface area contributed by atoms with Gasteiger partial charge in [-0.05, 0) is 70.0 Å². The summed E-state index contributed by atoms with van der Waals surface area (Å²) in [5.41, 5.74) is 6.56. The molecule has 3 aromatic rings. The molecule has 3 aromatic carbocycles. The minimum Gasteiger partial charge on any atom is -0.507 e. The van der Waals surface area contributed by atoms with E-state index >= 15 is 0 Å². The molecule has 0 atom stereocenters. The maximum Gasteiger partial charge on any atom is 0.348 e. The van der Waals surface area contributed by atoms with E-state index in [1.807, 2.05) is 30.3 Å². The maximum atomic E-state index is 11.5. The summed E-state index contributed by atoms with van der Waals surface area (Å²) in [4.78, 5) is 12.2. The van der Waals surface area contributed by atoms with Crippen LogP contribution in [0.15, 0.2) is 58.5 Å². The van der Waals surface area contributed by atoms with Crippen LogP contribution in [-0.2, 0) is 22.7 Å². The molecule has 0 fully saturated rings. The summed E-state index contributed by atoms with van der Waals surface area (Å²) in [5, 5.41) is 26.4. The molecule has 0 bridgehead atoms. The lowest BCUT2D eigenvalue weighted by Gasteiger charge is -2.30. The second kappa shape index (κ2) is 14.4. The summed E-state index contributed by atoms with van der Waals surface area (Å²) in [6.45, 7) is 24.8. The first-order valence-electron chi connectivity index (χ1n) is 18.0. The van der Waals surface area contributed by atoms with Crippen molar-refractivity contribution < 1.29 is 14.8 Å². The minimum absolute atomic E-state index is 0.0821. The predicted octanol–water partition coefficient (Wildman–Crippen LogP) is 8.49. The number of hydrogen-bond acceptors (Lipinski definition) is 6. The van der Waals surface area contributed by atoms with Crippen molar-refractivity contribution in [2.75, 3.05) is 32.7 Å². The molecule has 2 aliphatic rings. The Balaban J connectivity index is 1.41. The highest BCUT2D eigenvalue weighted by Crippen LogP contribution is 2.38. The van der Waals surface area contributed by atoms with Gasteiger partial charge in [-0.1, -0.05) is 86.6 Å². The topological polar surface area (TPSA) is 83.5 Å². The van der Waals surface area contributed by atoms with E-state index < -0.39 is 0 Å². The van der Waals surface area contributed by atoms with E-state index in [1.54, 1.807) is 12.4 Å².